The molecule has 1 N–H and O–H groups in total. The summed E-state index contributed by atoms with van der Waals surface area (Å²) in [5.74, 6) is 2.17. The predicted octanol–water partition coefficient (Wildman–Crippen LogP) is 2.86. The normalized spacial score (nSPS) is 25.3. The Bertz CT molecular complexity index is 289. The molecule has 1 saturated carbocycles. The molecule has 88 valence electrons. The fourth-order valence-electron chi connectivity index (χ4n) is 2.31. The van der Waals surface area contributed by atoms with Crippen molar-refractivity contribution < 1.29 is 9.84 Å². The standard InChI is InChI=1S/C14H20O2/c15-10-12-6-8-13(9-7-12)11-16-14-4-2-1-3-5-14/h1-5,12-13,15H,6-11H2. The number of hydrogen-bond donors (Lipinski definition) is 1. The van der Waals surface area contributed by atoms with Gasteiger partial charge < -0.3 is 9.84 Å². The van der Waals surface area contributed by atoms with Crippen LogP contribution in [-0.4, -0.2) is 18.3 Å². The predicted molar refractivity (Wildman–Crippen MR) is 64.5 cm³/mol. The molecular weight excluding hydrogens is 200 g/mol. The molecule has 1 aromatic rings. The van der Waals surface area contributed by atoms with Crippen LogP contribution in [-0.2, 0) is 0 Å². The Hall–Kier alpha value is -1.02. The van der Waals surface area contributed by atoms with Crippen LogP contribution < -0.4 is 4.74 Å². The number of para-hydroxylation sites is 1. The lowest BCUT2D eigenvalue weighted by atomic mass is 9.83. The van der Waals surface area contributed by atoms with E-state index in [1.807, 2.05) is 30.3 Å². The van der Waals surface area contributed by atoms with E-state index >= 15 is 0 Å². The lowest BCUT2D eigenvalue weighted by Gasteiger charge is -2.27. The molecule has 0 spiro atoms. The lowest BCUT2D eigenvalue weighted by molar-refractivity contribution is 0.139. The average molecular weight is 220 g/mol. The average Bonchev–Trinajstić information content (AvgIpc) is 2.38. The molecule has 0 heterocycles. The first-order chi connectivity index (χ1) is 7.88. The zero-order chi connectivity index (χ0) is 11.2. The second-order valence-electron chi connectivity index (χ2n) is 4.69. The van der Waals surface area contributed by atoms with Crippen LogP contribution in [0, 0.1) is 11.8 Å². The molecule has 0 bridgehead atoms. The molecule has 0 aliphatic heterocycles. The Kier molecular flexibility index (Phi) is 4.23. The molecule has 2 nitrogen and oxygen atoms in total. The molecule has 1 fully saturated rings. The molecule has 2 heteroatoms. The van der Waals surface area contributed by atoms with Crippen LogP contribution >= 0.6 is 0 Å². The summed E-state index contributed by atoms with van der Waals surface area (Å²) in [5, 5.41) is 9.05. The Morgan fingerprint density at radius 3 is 2.25 bits per heavy atom. The van der Waals surface area contributed by atoms with Crippen molar-refractivity contribution in [2.45, 2.75) is 25.7 Å². The van der Waals surface area contributed by atoms with Crippen molar-refractivity contribution >= 4 is 0 Å². The molecular formula is C14H20O2. The third kappa shape index (κ3) is 3.24. The fraction of sp³-hybridized carbons (Fsp3) is 0.571. The summed E-state index contributed by atoms with van der Waals surface area (Å²) in [6.07, 6.45) is 4.69. The number of hydrogen-bond acceptors (Lipinski definition) is 2. The molecule has 2 rings (SSSR count). The second kappa shape index (κ2) is 5.90. The van der Waals surface area contributed by atoms with Gasteiger partial charge in [0.15, 0.2) is 0 Å². The van der Waals surface area contributed by atoms with Crippen molar-refractivity contribution in [3.63, 3.8) is 0 Å². The van der Waals surface area contributed by atoms with Crippen LogP contribution in [0.4, 0.5) is 0 Å². The summed E-state index contributed by atoms with van der Waals surface area (Å²) >= 11 is 0. The Morgan fingerprint density at radius 2 is 1.62 bits per heavy atom. The second-order valence-corrected chi connectivity index (χ2v) is 4.69. The molecule has 16 heavy (non-hydrogen) atoms. The molecule has 0 aromatic heterocycles. The minimum Gasteiger partial charge on any atom is -0.493 e. The SMILES string of the molecule is OCC1CCC(COc2ccccc2)CC1. The number of benzene rings is 1. The van der Waals surface area contributed by atoms with Crippen LogP contribution in [0.3, 0.4) is 0 Å². The van der Waals surface area contributed by atoms with Gasteiger partial charge in [0.05, 0.1) is 6.61 Å². The summed E-state index contributed by atoms with van der Waals surface area (Å²) in [6.45, 7) is 1.18. The van der Waals surface area contributed by atoms with Crippen LogP contribution in [0.15, 0.2) is 30.3 Å². The van der Waals surface area contributed by atoms with Crippen LogP contribution in [0.2, 0.25) is 0 Å². The van der Waals surface area contributed by atoms with Gasteiger partial charge in [-0.2, -0.15) is 0 Å². The van der Waals surface area contributed by atoms with E-state index in [0.717, 1.165) is 25.2 Å². The minimum absolute atomic E-state index is 0.353. The summed E-state index contributed by atoms with van der Waals surface area (Å²) in [7, 11) is 0. The van der Waals surface area contributed by atoms with Crippen molar-refractivity contribution in [1.29, 1.82) is 0 Å². The van der Waals surface area contributed by atoms with Gasteiger partial charge in [0.1, 0.15) is 5.75 Å². The molecule has 1 aliphatic carbocycles. The van der Waals surface area contributed by atoms with Gasteiger partial charge >= 0.3 is 0 Å². The molecule has 0 unspecified atom stereocenters. The maximum atomic E-state index is 9.05. The molecule has 0 saturated heterocycles. The van der Waals surface area contributed by atoms with E-state index in [2.05, 4.69) is 0 Å². The Balaban J connectivity index is 1.72. The van der Waals surface area contributed by atoms with E-state index in [1.54, 1.807) is 0 Å². The highest BCUT2D eigenvalue weighted by molar-refractivity contribution is 5.20. The van der Waals surface area contributed by atoms with Gasteiger partial charge in [-0.15, -0.1) is 0 Å². The van der Waals surface area contributed by atoms with E-state index in [0.29, 0.717) is 18.4 Å². The van der Waals surface area contributed by atoms with Gasteiger partial charge in [0.2, 0.25) is 0 Å². The molecule has 0 amide bonds. The first-order valence-corrected chi connectivity index (χ1v) is 6.17. The first-order valence-electron chi connectivity index (χ1n) is 6.17. The van der Waals surface area contributed by atoms with Gasteiger partial charge in [-0.1, -0.05) is 18.2 Å². The van der Waals surface area contributed by atoms with Gasteiger partial charge in [0.25, 0.3) is 0 Å². The quantitative estimate of drug-likeness (QED) is 0.845. The number of ether oxygens (including phenoxy) is 1. The van der Waals surface area contributed by atoms with Crippen molar-refractivity contribution in [3.8, 4) is 5.75 Å². The largest absolute Gasteiger partial charge is 0.493 e. The van der Waals surface area contributed by atoms with Crippen LogP contribution in [0.5, 0.6) is 5.75 Å². The number of aliphatic hydroxyl groups is 1. The summed E-state index contributed by atoms with van der Waals surface area (Å²) in [5.41, 5.74) is 0. The number of aliphatic hydroxyl groups excluding tert-OH is 1. The van der Waals surface area contributed by atoms with E-state index < -0.39 is 0 Å². The zero-order valence-electron chi connectivity index (χ0n) is 9.64. The van der Waals surface area contributed by atoms with Crippen molar-refractivity contribution in [2.75, 3.05) is 13.2 Å². The maximum Gasteiger partial charge on any atom is 0.119 e. The van der Waals surface area contributed by atoms with Gasteiger partial charge in [0, 0.05) is 6.61 Å². The summed E-state index contributed by atoms with van der Waals surface area (Å²) in [6, 6.07) is 9.99. The third-order valence-corrected chi connectivity index (χ3v) is 3.45. The molecule has 1 aliphatic rings. The lowest BCUT2D eigenvalue weighted by Crippen LogP contribution is -2.21. The highest BCUT2D eigenvalue weighted by Gasteiger charge is 2.20. The summed E-state index contributed by atoms with van der Waals surface area (Å²) < 4.78 is 5.75. The van der Waals surface area contributed by atoms with Gasteiger partial charge in [-0.25, -0.2) is 0 Å². The monoisotopic (exact) mass is 220 g/mol. The third-order valence-electron chi connectivity index (χ3n) is 3.45. The van der Waals surface area contributed by atoms with Crippen molar-refractivity contribution in [1.82, 2.24) is 0 Å². The van der Waals surface area contributed by atoms with E-state index in [9.17, 15) is 0 Å². The van der Waals surface area contributed by atoms with Crippen molar-refractivity contribution in [3.05, 3.63) is 30.3 Å². The maximum absolute atomic E-state index is 9.05. The topological polar surface area (TPSA) is 29.5 Å². The molecule has 0 radical (unpaired) electrons. The Labute approximate surface area is 97.3 Å². The summed E-state index contributed by atoms with van der Waals surface area (Å²) in [4.78, 5) is 0. The van der Waals surface area contributed by atoms with E-state index in [-0.39, 0.29) is 0 Å². The minimum atomic E-state index is 0.353. The van der Waals surface area contributed by atoms with Crippen molar-refractivity contribution in [2.24, 2.45) is 11.8 Å². The van der Waals surface area contributed by atoms with Crippen LogP contribution in [0.25, 0.3) is 0 Å². The highest BCUT2D eigenvalue weighted by Crippen LogP contribution is 2.28. The molecule has 0 atom stereocenters. The van der Waals surface area contributed by atoms with E-state index in [1.165, 1.54) is 12.8 Å². The highest BCUT2D eigenvalue weighted by atomic mass is 16.5. The van der Waals surface area contributed by atoms with E-state index in [4.69, 9.17) is 9.84 Å². The smallest absolute Gasteiger partial charge is 0.119 e. The van der Waals surface area contributed by atoms with Gasteiger partial charge in [-0.05, 0) is 49.7 Å². The zero-order valence-corrected chi connectivity index (χ0v) is 9.64. The first kappa shape index (κ1) is 11.5. The molecule has 1 aromatic carbocycles. The fourth-order valence-corrected chi connectivity index (χ4v) is 2.31. The Morgan fingerprint density at radius 1 is 1.00 bits per heavy atom. The van der Waals surface area contributed by atoms with Gasteiger partial charge in [-0.3, -0.25) is 0 Å². The number of rotatable bonds is 4. The van der Waals surface area contributed by atoms with Crippen LogP contribution in [0.1, 0.15) is 25.7 Å².